The predicted molar refractivity (Wildman–Crippen MR) is 90.0 cm³/mol. The van der Waals surface area contributed by atoms with Crippen molar-refractivity contribution in [2.75, 3.05) is 31.2 Å². The molecule has 2 N–H and O–H groups in total. The molecule has 1 fully saturated rings. The molecule has 0 saturated carbocycles. The SMILES string of the molecule is CS(=O)(=O)N1CCC(CNc2nc3ccccc3c(=O)[nH]2)CC1. The highest BCUT2D eigenvalue weighted by Gasteiger charge is 2.24. The Kier molecular flexibility index (Phi) is 4.36. The van der Waals surface area contributed by atoms with E-state index < -0.39 is 10.0 Å². The normalized spacial score (nSPS) is 17.4. The minimum atomic E-state index is -3.09. The van der Waals surface area contributed by atoms with Gasteiger partial charge >= 0.3 is 0 Å². The van der Waals surface area contributed by atoms with Crippen molar-refractivity contribution in [3.63, 3.8) is 0 Å². The number of hydrogen-bond acceptors (Lipinski definition) is 5. The number of piperidine rings is 1. The number of para-hydroxylation sites is 1. The second-order valence-corrected chi connectivity index (χ2v) is 7.90. The molecule has 0 amide bonds. The number of hydrogen-bond donors (Lipinski definition) is 2. The van der Waals surface area contributed by atoms with E-state index in [2.05, 4.69) is 15.3 Å². The van der Waals surface area contributed by atoms with Gasteiger partial charge in [0.2, 0.25) is 16.0 Å². The van der Waals surface area contributed by atoms with Crippen LogP contribution in [0.25, 0.3) is 10.9 Å². The van der Waals surface area contributed by atoms with E-state index in [1.54, 1.807) is 12.1 Å². The molecule has 2 heterocycles. The lowest BCUT2D eigenvalue weighted by Gasteiger charge is -2.30. The lowest BCUT2D eigenvalue weighted by atomic mass is 9.98. The molecule has 23 heavy (non-hydrogen) atoms. The molecular weight excluding hydrogens is 316 g/mol. The Hall–Kier alpha value is -1.93. The van der Waals surface area contributed by atoms with E-state index in [4.69, 9.17) is 0 Å². The maximum absolute atomic E-state index is 12.0. The molecule has 1 saturated heterocycles. The number of aromatic nitrogens is 2. The fourth-order valence-corrected chi connectivity index (χ4v) is 3.73. The van der Waals surface area contributed by atoms with E-state index in [1.807, 2.05) is 12.1 Å². The Morgan fingerprint density at radius 3 is 2.70 bits per heavy atom. The Labute approximate surface area is 134 Å². The molecule has 0 unspecified atom stereocenters. The van der Waals surface area contributed by atoms with Crippen LogP contribution in [0.4, 0.5) is 5.95 Å². The van der Waals surface area contributed by atoms with Crippen LogP contribution in [0.3, 0.4) is 0 Å². The molecule has 0 spiro atoms. The van der Waals surface area contributed by atoms with Gasteiger partial charge in [-0.05, 0) is 30.9 Å². The van der Waals surface area contributed by atoms with Crippen LogP contribution in [0, 0.1) is 5.92 Å². The van der Waals surface area contributed by atoms with Crippen LogP contribution >= 0.6 is 0 Å². The third kappa shape index (κ3) is 3.70. The standard InChI is InChI=1S/C15H20N4O3S/c1-23(21,22)19-8-6-11(7-9-19)10-16-15-17-13-5-3-2-4-12(13)14(20)18-15/h2-5,11H,6-10H2,1H3,(H2,16,17,18,20). The molecule has 8 heteroatoms. The van der Waals surface area contributed by atoms with Crippen molar-refractivity contribution in [1.82, 2.24) is 14.3 Å². The van der Waals surface area contributed by atoms with Gasteiger partial charge in [-0.1, -0.05) is 12.1 Å². The largest absolute Gasteiger partial charge is 0.355 e. The van der Waals surface area contributed by atoms with Crippen LogP contribution in [-0.2, 0) is 10.0 Å². The third-order valence-electron chi connectivity index (χ3n) is 4.21. The van der Waals surface area contributed by atoms with Gasteiger partial charge in [-0.15, -0.1) is 0 Å². The smallest absolute Gasteiger partial charge is 0.260 e. The molecule has 0 aliphatic carbocycles. The minimum absolute atomic E-state index is 0.162. The Bertz CT molecular complexity index is 854. The summed E-state index contributed by atoms with van der Waals surface area (Å²) in [6.45, 7) is 1.76. The van der Waals surface area contributed by atoms with E-state index in [0.29, 0.717) is 42.4 Å². The van der Waals surface area contributed by atoms with Gasteiger partial charge in [0.1, 0.15) is 0 Å². The fourth-order valence-electron chi connectivity index (χ4n) is 2.86. The third-order valence-corrected chi connectivity index (χ3v) is 5.52. The van der Waals surface area contributed by atoms with E-state index in [0.717, 1.165) is 12.8 Å². The van der Waals surface area contributed by atoms with Crippen molar-refractivity contribution < 1.29 is 8.42 Å². The van der Waals surface area contributed by atoms with Crippen molar-refractivity contribution in [3.05, 3.63) is 34.6 Å². The molecular formula is C15H20N4O3S. The van der Waals surface area contributed by atoms with Crippen LogP contribution < -0.4 is 10.9 Å². The Morgan fingerprint density at radius 2 is 2.00 bits per heavy atom. The summed E-state index contributed by atoms with van der Waals surface area (Å²) >= 11 is 0. The monoisotopic (exact) mass is 336 g/mol. The topological polar surface area (TPSA) is 95.2 Å². The van der Waals surface area contributed by atoms with E-state index >= 15 is 0 Å². The molecule has 1 aliphatic heterocycles. The molecule has 1 aromatic heterocycles. The van der Waals surface area contributed by atoms with Crippen molar-refractivity contribution in [2.45, 2.75) is 12.8 Å². The van der Waals surface area contributed by atoms with Crippen LogP contribution in [0.15, 0.2) is 29.1 Å². The molecule has 0 bridgehead atoms. The van der Waals surface area contributed by atoms with Crippen LogP contribution in [0.1, 0.15) is 12.8 Å². The van der Waals surface area contributed by atoms with Gasteiger partial charge < -0.3 is 5.32 Å². The minimum Gasteiger partial charge on any atom is -0.355 e. The number of aromatic amines is 1. The summed E-state index contributed by atoms with van der Waals surface area (Å²) in [5.74, 6) is 0.823. The quantitative estimate of drug-likeness (QED) is 0.869. The van der Waals surface area contributed by atoms with Gasteiger partial charge in [-0.2, -0.15) is 0 Å². The molecule has 124 valence electrons. The molecule has 1 aromatic carbocycles. The second-order valence-electron chi connectivity index (χ2n) is 5.92. The number of nitrogens with one attached hydrogen (secondary N) is 2. The molecule has 0 radical (unpaired) electrons. The lowest BCUT2D eigenvalue weighted by Crippen LogP contribution is -2.39. The molecule has 2 aromatic rings. The van der Waals surface area contributed by atoms with Gasteiger partial charge in [-0.3, -0.25) is 9.78 Å². The first kappa shape index (κ1) is 15.9. The number of fused-ring (bicyclic) bond motifs is 1. The van der Waals surface area contributed by atoms with Crippen LogP contribution in [0.2, 0.25) is 0 Å². The Balaban J connectivity index is 1.62. The molecule has 7 nitrogen and oxygen atoms in total. The fraction of sp³-hybridized carbons (Fsp3) is 0.467. The molecule has 3 rings (SSSR count). The molecule has 1 aliphatic rings. The summed E-state index contributed by atoms with van der Waals surface area (Å²) < 4.78 is 24.5. The first-order chi connectivity index (χ1) is 10.9. The van der Waals surface area contributed by atoms with Gasteiger partial charge in [0.15, 0.2) is 0 Å². The zero-order valence-electron chi connectivity index (χ0n) is 12.9. The van der Waals surface area contributed by atoms with Gasteiger partial charge in [0.05, 0.1) is 17.2 Å². The summed E-state index contributed by atoms with van der Waals surface area (Å²) in [5, 5.41) is 3.74. The maximum Gasteiger partial charge on any atom is 0.260 e. The lowest BCUT2D eigenvalue weighted by molar-refractivity contribution is 0.283. The van der Waals surface area contributed by atoms with E-state index in [-0.39, 0.29) is 5.56 Å². The van der Waals surface area contributed by atoms with Gasteiger partial charge in [0, 0.05) is 19.6 Å². The summed E-state index contributed by atoms with van der Waals surface area (Å²) in [4.78, 5) is 19.1. The highest BCUT2D eigenvalue weighted by atomic mass is 32.2. The van der Waals surface area contributed by atoms with Crippen molar-refractivity contribution in [1.29, 1.82) is 0 Å². The van der Waals surface area contributed by atoms with Gasteiger partial charge in [-0.25, -0.2) is 17.7 Å². The van der Waals surface area contributed by atoms with Crippen molar-refractivity contribution in [2.24, 2.45) is 5.92 Å². The number of nitrogens with zero attached hydrogens (tertiary/aromatic N) is 2. The first-order valence-corrected chi connectivity index (χ1v) is 9.46. The highest BCUT2D eigenvalue weighted by molar-refractivity contribution is 7.88. The zero-order valence-corrected chi connectivity index (χ0v) is 13.8. The Morgan fingerprint density at radius 1 is 1.30 bits per heavy atom. The average molecular weight is 336 g/mol. The number of benzene rings is 1. The second kappa shape index (κ2) is 6.29. The first-order valence-electron chi connectivity index (χ1n) is 7.61. The number of H-pyrrole nitrogens is 1. The predicted octanol–water partition coefficient (Wildman–Crippen LogP) is 1.01. The van der Waals surface area contributed by atoms with E-state index in [1.165, 1.54) is 10.6 Å². The van der Waals surface area contributed by atoms with Crippen LogP contribution in [-0.4, -0.2) is 48.6 Å². The van der Waals surface area contributed by atoms with Crippen molar-refractivity contribution in [3.8, 4) is 0 Å². The summed E-state index contributed by atoms with van der Waals surface area (Å²) in [7, 11) is -3.09. The zero-order chi connectivity index (χ0) is 16.4. The maximum atomic E-state index is 12.0. The molecule has 0 atom stereocenters. The number of rotatable bonds is 4. The summed E-state index contributed by atoms with van der Waals surface area (Å²) in [6, 6.07) is 7.20. The van der Waals surface area contributed by atoms with E-state index in [9.17, 15) is 13.2 Å². The number of sulfonamides is 1. The van der Waals surface area contributed by atoms with Gasteiger partial charge in [0.25, 0.3) is 5.56 Å². The van der Waals surface area contributed by atoms with Crippen LogP contribution in [0.5, 0.6) is 0 Å². The summed E-state index contributed by atoms with van der Waals surface area (Å²) in [5.41, 5.74) is 0.496. The number of anilines is 1. The van der Waals surface area contributed by atoms with Crippen molar-refractivity contribution >= 4 is 26.9 Å². The average Bonchev–Trinajstić information content (AvgIpc) is 2.52. The summed E-state index contributed by atoms with van der Waals surface area (Å²) in [6.07, 6.45) is 2.85. The highest BCUT2D eigenvalue weighted by Crippen LogP contribution is 2.19.